The molecule has 11 heteroatoms. The van der Waals surface area contributed by atoms with Crippen LogP contribution in [0.5, 0.6) is 0 Å². The first kappa shape index (κ1) is 24.6. The largest absolute Gasteiger partial charge is 0.459 e. The Labute approximate surface area is 224 Å². The lowest BCUT2D eigenvalue weighted by molar-refractivity contribution is 0.439. The van der Waals surface area contributed by atoms with Crippen molar-refractivity contribution in [2.45, 2.75) is 12.1 Å². The van der Waals surface area contributed by atoms with Crippen LogP contribution in [0.4, 0.5) is 11.4 Å². The predicted octanol–water partition coefficient (Wildman–Crippen LogP) is 6.20. The van der Waals surface area contributed by atoms with Gasteiger partial charge >= 0.3 is 0 Å². The molecule has 4 aromatic rings. The number of pyridine rings is 1. The molecule has 7 nitrogen and oxygen atoms in total. The Morgan fingerprint density at radius 1 is 1.03 bits per heavy atom. The van der Waals surface area contributed by atoms with E-state index in [1.807, 2.05) is 41.3 Å². The van der Waals surface area contributed by atoms with Crippen molar-refractivity contribution < 1.29 is 12.8 Å². The summed E-state index contributed by atoms with van der Waals surface area (Å²) in [4.78, 5) is 6.48. The monoisotopic (exact) mass is 558 g/mol. The Bertz CT molecular complexity index is 1530. The number of halogens is 2. The standard InChI is InChI=1S/C25H20Cl2N4O3S2/c1-36(32,33)30-16-6-8-17(9-7-16)31-24(23(29-25(31)35)20-4-2-3-13-28-20)22-12-11-21(34-22)15-5-10-18(26)19(27)14-15/h2-14,23-24,30H,1H3,(H,29,35)/t23-,24+/m1/s1. The normalized spacial score (nSPS) is 17.8. The number of furan rings is 1. The maximum atomic E-state index is 11.6. The molecular formula is C25H20Cl2N4O3S2. The third-order valence-corrected chi connectivity index (χ3v) is 7.33. The molecule has 36 heavy (non-hydrogen) atoms. The van der Waals surface area contributed by atoms with Crippen LogP contribution in [0.15, 0.2) is 83.4 Å². The van der Waals surface area contributed by atoms with Crippen LogP contribution in [0.3, 0.4) is 0 Å². The molecule has 1 aliphatic rings. The molecule has 184 valence electrons. The van der Waals surface area contributed by atoms with Crippen molar-refractivity contribution in [1.29, 1.82) is 0 Å². The van der Waals surface area contributed by atoms with Gasteiger partial charge in [-0.2, -0.15) is 0 Å². The topological polar surface area (TPSA) is 87.5 Å². The first-order chi connectivity index (χ1) is 17.2. The number of hydrogen-bond donors (Lipinski definition) is 2. The second-order valence-corrected chi connectivity index (χ2v) is 11.2. The number of nitrogens with one attached hydrogen (secondary N) is 2. The third-order valence-electron chi connectivity index (χ3n) is 5.67. The number of hydrogen-bond acceptors (Lipinski definition) is 5. The quantitative estimate of drug-likeness (QED) is 0.272. The summed E-state index contributed by atoms with van der Waals surface area (Å²) in [6.07, 6.45) is 2.84. The number of aromatic nitrogens is 1. The van der Waals surface area contributed by atoms with E-state index in [1.54, 1.807) is 42.6 Å². The second kappa shape index (κ2) is 9.74. The molecule has 2 aromatic heterocycles. The zero-order chi connectivity index (χ0) is 25.4. The van der Waals surface area contributed by atoms with Crippen LogP contribution in [0.1, 0.15) is 23.5 Å². The van der Waals surface area contributed by atoms with Crippen molar-refractivity contribution >= 4 is 61.9 Å². The lowest BCUT2D eigenvalue weighted by atomic mass is 10.0. The summed E-state index contributed by atoms with van der Waals surface area (Å²) in [5.74, 6) is 1.30. The first-order valence-electron chi connectivity index (χ1n) is 10.8. The number of sulfonamides is 1. The molecule has 1 aliphatic heterocycles. The Morgan fingerprint density at radius 2 is 1.81 bits per heavy atom. The molecule has 0 spiro atoms. The summed E-state index contributed by atoms with van der Waals surface area (Å²) < 4.78 is 32.0. The van der Waals surface area contributed by atoms with Crippen molar-refractivity contribution in [2.75, 3.05) is 15.9 Å². The molecule has 0 amide bonds. The Balaban J connectivity index is 1.55. The summed E-state index contributed by atoms with van der Waals surface area (Å²) in [6, 6.07) is 21.1. The van der Waals surface area contributed by atoms with Crippen LogP contribution >= 0.6 is 35.4 Å². The maximum absolute atomic E-state index is 11.6. The van der Waals surface area contributed by atoms with Gasteiger partial charge in [0, 0.05) is 23.1 Å². The zero-order valence-electron chi connectivity index (χ0n) is 18.9. The van der Waals surface area contributed by atoms with Crippen molar-refractivity contribution in [3.63, 3.8) is 0 Å². The van der Waals surface area contributed by atoms with Gasteiger partial charge in [-0.25, -0.2) is 8.42 Å². The minimum atomic E-state index is -3.39. The van der Waals surface area contributed by atoms with E-state index >= 15 is 0 Å². The van der Waals surface area contributed by atoms with Crippen LogP contribution in [-0.2, 0) is 10.0 Å². The van der Waals surface area contributed by atoms with E-state index in [9.17, 15) is 8.42 Å². The van der Waals surface area contributed by atoms with Crippen LogP contribution in [0.2, 0.25) is 10.0 Å². The van der Waals surface area contributed by atoms with E-state index < -0.39 is 10.0 Å². The smallest absolute Gasteiger partial charge is 0.229 e. The predicted molar refractivity (Wildman–Crippen MR) is 147 cm³/mol. The van der Waals surface area contributed by atoms with E-state index in [-0.39, 0.29) is 12.1 Å². The highest BCUT2D eigenvalue weighted by atomic mass is 35.5. The summed E-state index contributed by atoms with van der Waals surface area (Å²) >= 11 is 18.0. The molecule has 0 unspecified atom stereocenters. The van der Waals surface area contributed by atoms with E-state index in [1.165, 1.54) is 0 Å². The number of benzene rings is 2. The molecular weight excluding hydrogens is 539 g/mol. The van der Waals surface area contributed by atoms with Gasteiger partial charge in [-0.05, 0) is 78.9 Å². The highest BCUT2D eigenvalue weighted by molar-refractivity contribution is 7.92. The lowest BCUT2D eigenvalue weighted by Gasteiger charge is -2.26. The van der Waals surface area contributed by atoms with Gasteiger partial charge in [0.2, 0.25) is 10.0 Å². The van der Waals surface area contributed by atoms with E-state index in [0.717, 1.165) is 23.2 Å². The molecule has 0 bridgehead atoms. The molecule has 1 fully saturated rings. The van der Waals surface area contributed by atoms with Crippen molar-refractivity contribution in [2.24, 2.45) is 0 Å². The fourth-order valence-electron chi connectivity index (χ4n) is 4.14. The highest BCUT2D eigenvalue weighted by Crippen LogP contribution is 2.43. The lowest BCUT2D eigenvalue weighted by Crippen LogP contribution is -2.29. The van der Waals surface area contributed by atoms with Gasteiger partial charge in [0.05, 0.1) is 28.0 Å². The Morgan fingerprint density at radius 3 is 2.47 bits per heavy atom. The summed E-state index contributed by atoms with van der Waals surface area (Å²) in [6.45, 7) is 0. The number of thiocarbonyl (C=S) groups is 1. The average Bonchev–Trinajstić information content (AvgIpc) is 3.46. The van der Waals surface area contributed by atoms with Crippen LogP contribution < -0.4 is 14.9 Å². The molecule has 0 radical (unpaired) electrons. The minimum absolute atomic E-state index is 0.291. The van der Waals surface area contributed by atoms with Gasteiger partial charge < -0.3 is 14.6 Å². The molecule has 0 saturated carbocycles. The fourth-order valence-corrected chi connectivity index (χ4v) is 5.35. The van der Waals surface area contributed by atoms with Crippen LogP contribution in [-0.4, -0.2) is 24.8 Å². The average molecular weight is 560 g/mol. The van der Waals surface area contributed by atoms with E-state index in [2.05, 4.69) is 15.0 Å². The van der Waals surface area contributed by atoms with Crippen molar-refractivity contribution in [3.05, 3.63) is 100 Å². The molecule has 3 heterocycles. The van der Waals surface area contributed by atoms with Gasteiger partial charge in [-0.1, -0.05) is 29.3 Å². The van der Waals surface area contributed by atoms with Gasteiger partial charge in [0.15, 0.2) is 5.11 Å². The fraction of sp³-hybridized carbons (Fsp3) is 0.120. The van der Waals surface area contributed by atoms with Gasteiger partial charge in [0.1, 0.15) is 17.6 Å². The molecule has 5 rings (SSSR count). The van der Waals surface area contributed by atoms with Gasteiger partial charge in [-0.3, -0.25) is 9.71 Å². The van der Waals surface area contributed by atoms with Crippen molar-refractivity contribution in [3.8, 4) is 11.3 Å². The van der Waals surface area contributed by atoms with Crippen LogP contribution in [0.25, 0.3) is 11.3 Å². The van der Waals surface area contributed by atoms with Crippen molar-refractivity contribution in [1.82, 2.24) is 10.3 Å². The second-order valence-electron chi connectivity index (χ2n) is 8.25. The van der Waals surface area contributed by atoms with Crippen LogP contribution in [0, 0.1) is 0 Å². The molecule has 0 aliphatic carbocycles. The maximum Gasteiger partial charge on any atom is 0.229 e. The SMILES string of the molecule is CS(=O)(=O)Nc1ccc(N2C(=S)N[C@H](c3ccccn3)[C@@H]2c2ccc(-c3ccc(Cl)c(Cl)c3)o2)cc1. The third kappa shape index (κ3) is 5.05. The molecule has 2 atom stereocenters. The minimum Gasteiger partial charge on any atom is -0.459 e. The summed E-state index contributed by atoms with van der Waals surface area (Å²) in [7, 11) is -3.39. The zero-order valence-corrected chi connectivity index (χ0v) is 22.0. The molecule has 1 saturated heterocycles. The molecule has 2 aromatic carbocycles. The van der Waals surface area contributed by atoms with Gasteiger partial charge in [-0.15, -0.1) is 0 Å². The highest BCUT2D eigenvalue weighted by Gasteiger charge is 2.42. The van der Waals surface area contributed by atoms with Gasteiger partial charge in [0.25, 0.3) is 0 Å². The summed E-state index contributed by atoms with van der Waals surface area (Å²) in [5, 5.41) is 4.77. The van der Waals surface area contributed by atoms with E-state index in [0.29, 0.717) is 32.4 Å². The number of nitrogens with zero attached hydrogens (tertiary/aromatic N) is 2. The Kier molecular flexibility index (Phi) is 6.65. The number of rotatable bonds is 6. The Hall–Kier alpha value is -3.11. The summed E-state index contributed by atoms with van der Waals surface area (Å²) in [5.41, 5.74) is 2.82. The first-order valence-corrected chi connectivity index (χ1v) is 13.9. The molecule has 2 N–H and O–H groups in total. The number of anilines is 2. The van der Waals surface area contributed by atoms with E-state index in [4.69, 9.17) is 39.8 Å².